The minimum absolute atomic E-state index is 0.0782. The lowest BCUT2D eigenvalue weighted by Gasteiger charge is -2.26. The summed E-state index contributed by atoms with van der Waals surface area (Å²) >= 11 is 4.49. The van der Waals surface area contributed by atoms with Gasteiger partial charge >= 0.3 is 0 Å². The molecule has 8 heteroatoms. The van der Waals surface area contributed by atoms with Crippen LogP contribution in [0.3, 0.4) is 0 Å². The van der Waals surface area contributed by atoms with Crippen LogP contribution in [0.25, 0.3) is 21.5 Å². The van der Waals surface area contributed by atoms with Gasteiger partial charge in [0.05, 0.1) is 9.35 Å². The zero-order valence-corrected chi connectivity index (χ0v) is 18.4. The third-order valence-electron chi connectivity index (χ3n) is 5.67. The molecule has 3 aromatic rings. The number of nitrogens with two attached hydrogens (primary N) is 1. The van der Waals surface area contributed by atoms with Crippen molar-refractivity contribution in [3.05, 3.63) is 39.7 Å². The van der Waals surface area contributed by atoms with Gasteiger partial charge in [0.1, 0.15) is 10.5 Å². The lowest BCUT2D eigenvalue weighted by Crippen LogP contribution is -2.41. The highest BCUT2D eigenvalue weighted by atomic mass is 79.9. The van der Waals surface area contributed by atoms with Crippen molar-refractivity contribution in [2.45, 2.75) is 44.6 Å². The first-order valence-electron chi connectivity index (χ1n) is 9.99. The number of halogens is 2. The zero-order valence-electron chi connectivity index (χ0n) is 16.0. The Morgan fingerprint density at radius 1 is 1.38 bits per heavy atom. The molecule has 1 saturated carbocycles. The molecule has 1 atom stereocenters. The van der Waals surface area contributed by atoms with Gasteiger partial charge in [-0.2, -0.15) is 0 Å². The first-order valence-corrected chi connectivity index (χ1v) is 11.6. The summed E-state index contributed by atoms with van der Waals surface area (Å²) in [6.45, 7) is 0.359. The Balaban J connectivity index is 1.56. The largest absolute Gasteiger partial charge is 0.347 e. The van der Waals surface area contributed by atoms with Crippen LogP contribution in [0.5, 0.6) is 0 Å². The van der Waals surface area contributed by atoms with Crippen molar-refractivity contribution >= 4 is 44.2 Å². The predicted molar refractivity (Wildman–Crippen MR) is 119 cm³/mol. The summed E-state index contributed by atoms with van der Waals surface area (Å²) in [4.78, 5) is 20.9. The summed E-state index contributed by atoms with van der Waals surface area (Å²) in [7, 11) is 0. The van der Waals surface area contributed by atoms with Gasteiger partial charge in [-0.05, 0) is 40.4 Å². The standard InChI is InChI=1S/C21H24BrFN4OS/c22-16-17(23)19(21(28)27-13(11-24)10-12-4-2-1-3-5-12)29-18(16)14-6-8-25-20-15(14)7-9-26-20/h6-9,12-13H,1-5,10-11,24H2,(H,25,26)(H,27,28). The van der Waals surface area contributed by atoms with Crippen LogP contribution >= 0.6 is 27.3 Å². The zero-order chi connectivity index (χ0) is 20.4. The Morgan fingerprint density at radius 3 is 2.93 bits per heavy atom. The number of amides is 1. The lowest BCUT2D eigenvalue weighted by atomic mass is 9.85. The van der Waals surface area contributed by atoms with E-state index in [-0.39, 0.29) is 10.9 Å². The van der Waals surface area contributed by atoms with Crippen LogP contribution in [-0.4, -0.2) is 28.5 Å². The highest BCUT2D eigenvalue weighted by Gasteiger charge is 2.26. The minimum Gasteiger partial charge on any atom is -0.347 e. The van der Waals surface area contributed by atoms with E-state index in [2.05, 4.69) is 31.2 Å². The summed E-state index contributed by atoms with van der Waals surface area (Å²) in [5, 5.41) is 3.85. The van der Waals surface area contributed by atoms with E-state index in [1.54, 1.807) is 12.4 Å². The number of thiophene rings is 1. The average Bonchev–Trinajstić information content (AvgIpc) is 3.33. The van der Waals surface area contributed by atoms with E-state index >= 15 is 0 Å². The summed E-state index contributed by atoms with van der Waals surface area (Å²) in [5.41, 5.74) is 7.47. The number of rotatable bonds is 6. The van der Waals surface area contributed by atoms with Crippen molar-refractivity contribution in [3.63, 3.8) is 0 Å². The SMILES string of the molecule is NCC(CC1CCCCC1)NC(=O)c1sc(-c2ccnc3[nH]ccc23)c(Br)c1F. The molecule has 0 bridgehead atoms. The third kappa shape index (κ3) is 4.25. The Labute approximate surface area is 181 Å². The normalized spacial score (nSPS) is 16.2. The molecular weight excluding hydrogens is 455 g/mol. The van der Waals surface area contributed by atoms with Gasteiger partial charge in [-0.15, -0.1) is 11.3 Å². The fourth-order valence-corrected chi connectivity index (χ4v) is 5.96. The van der Waals surface area contributed by atoms with E-state index in [4.69, 9.17) is 5.73 Å². The quantitative estimate of drug-likeness (QED) is 0.453. The highest BCUT2D eigenvalue weighted by Crippen LogP contribution is 2.41. The van der Waals surface area contributed by atoms with Crippen molar-refractivity contribution in [2.75, 3.05) is 6.54 Å². The maximum absolute atomic E-state index is 14.9. The summed E-state index contributed by atoms with van der Waals surface area (Å²) in [6.07, 6.45) is 10.5. The van der Waals surface area contributed by atoms with Crippen molar-refractivity contribution in [1.82, 2.24) is 15.3 Å². The van der Waals surface area contributed by atoms with Crippen LogP contribution in [-0.2, 0) is 0 Å². The molecular formula is C21H24BrFN4OS. The third-order valence-corrected chi connectivity index (χ3v) is 7.87. The topological polar surface area (TPSA) is 83.8 Å². The molecule has 4 rings (SSSR count). The number of hydrogen-bond donors (Lipinski definition) is 3. The van der Waals surface area contributed by atoms with Crippen molar-refractivity contribution in [3.8, 4) is 10.4 Å². The van der Waals surface area contributed by atoms with Crippen molar-refractivity contribution < 1.29 is 9.18 Å². The molecule has 3 aromatic heterocycles. The van der Waals surface area contributed by atoms with Gasteiger partial charge in [-0.3, -0.25) is 4.79 Å². The second-order valence-electron chi connectivity index (χ2n) is 7.63. The van der Waals surface area contributed by atoms with E-state index in [0.29, 0.717) is 21.8 Å². The Morgan fingerprint density at radius 2 is 2.17 bits per heavy atom. The molecule has 4 N–H and O–H groups in total. The van der Waals surface area contributed by atoms with Gasteiger partial charge in [-0.1, -0.05) is 32.1 Å². The molecule has 29 heavy (non-hydrogen) atoms. The molecule has 0 spiro atoms. The molecule has 1 amide bonds. The van der Waals surface area contributed by atoms with Gasteiger partial charge < -0.3 is 16.0 Å². The van der Waals surface area contributed by atoms with Gasteiger partial charge in [-0.25, -0.2) is 9.37 Å². The van der Waals surface area contributed by atoms with Crippen molar-refractivity contribution in [1.29, 1.82) is 0 Å². The number of carbonyl (C=O) groups excluding carboxylic acids is 1. The van der Waals surface area contributed by atoms with E-state index < -0.39 is 11.7 Å². The molecule has 1 aliphatic carbocycles. The number of aromatic nitrogens is 2. The second-order valence-corrected chi connectivity index (χ2v) is 9.45. The molecule has 0 radical (unpaired) electrons. The van der Waals surface area contributed by atoms with Crippen molar-refractivity contribution in [2.24, 2.45) is 11.7 Å². The van der Waals surface area contributed by atoms with Crippen LogP contribution < -0.4 is 11.1 Å². The summed E-state index contributed by atoms with van der Waals surface area (Å²) < 4.78 is 15.2. The smallest absolute Gasteiger partial charge is 0.264 e. The maximum Gasteiger partial charge on any atom is 0.264 e. The first-order chi connectivity index (χ1) is 14.1. The molecule has 1 aliphatic rings. The molecule has 3 heterocycles. The van der Waals surface area contributed by atoms with Gasteiger partial charge in [0.15, 0.2) is 5.82 Å². The average molecular weight is 479 g/mol. The number of nitrogens with zero attached hydrogens (tertiary/aromatic N) is 1. The fourth-order valence-electron chi connectivity index (χ4n) is 4.16. The number of fused-ring (bicyclic) bond motifs is 1. The van der Waals surface area contributed by atoms with Gasteiger partial charge in [0.2, 0.25) is 0 Å². The van der Waals surface area contributed by atoms with Crippen LogP contribution in [0.15, 0.2) is 29.0 Å². The van der Waals surface area contributed by atoms with E-state index in [0.717, 1.165) is 34.4 Å². The molecule has 154 valence electrons. The van der Waals surface area contributed by atoms with Crippen LogP contribution in [0.1, 0.15) is 48.2 Å². The molecule has 1 unspecified atom stereocenters. The minimum atomic E-state index is -0.531. The number of nitrogens with one attached hydrogen (secondary N) is 2. The number of pyridine rings is 1. The Kier molecular flexibility index (Phi) is 6.32. The molecule has 0 aromatic carbocycles. The summed E-state index contributed by atoms with van der Waals surface area (Å²) in [5.74, 6) is -0.340. The molecule has 0 saturated heterocycles. The van der Waals surface area contributed by atoms with Gasteiger partial charge in [0.25, 0.3) is 5.91 Å². The fraction of sp³-hybridized carbons (Fsp3) is 0.429. The maximum atomic E-state index is 14.9. The molecule has 0 aliphatic heterocycles. The summed E-state index contributed by atoms with van der Waals surface area (Å²) in [6, 6.07) is 3.60. The molecule has 5 nitrogen and oxygen atoms in total. The predicted octanol–water partition coefficient (Wildman–Crippen LogP) is 5.22. The van der Waals surface area contributed by atoms with Crippen LogP contribution in [0, 0.1) is 11.7 Å². The van der Waals surface area contributed by atoms with Gasteiger partial charge in [0, 0.05) is 35.9 Å². The Bertz CT molecular complexity index is 1010. The van der Waals surface area contributed by atoms with Crippen LogP contribution in [0.2, 0.25) is 0 Å². The van der Waals surface area contributed by atoms with E-state index in [9.17, 15) is 9.18 Å². The first kappa shape index (κ1) is 20.5. The number of H-pyrrole nitrogens is 1. The monoisotopic (exact) mass is 478 g/mol. The number of hydrogen-bond acceptors (Lipinski definition) is 4. The van der Waals surface area contributed by atoms with E-state index in [1.165, 1.54) is 32.1 Å². The molecule has 1 fully saturated rings. The van der Waals surface area contributed by atoms with E-state index in [1.807, 2.05) is 12.1 Å². The highest BCUT2D eigenvalue weighted by molar-refractivity contribution is 9.10. The Hall–Kier alpha value is -1.77. The second kappa shape index (κ2) is 8.93. The lowest BCUT2D eigenvalue weighted by molar-refractivity contribution is 0.0931. The number of carbonyl (C=O) groups is 1. The van der Waals surface area contributed by atoms with Crippen LogP contribution in [0.4, 0.5) is 4.39 Å². The number of aromatic amines is 1.